The highest BCUT2D eigenvalue weighted by molar-refractivity contribution is 5.87. The molecular formula is C41H50O3. The number of carbonyl (C=O) groups is 1. The van der Waals surface area contributed by atoms with E-state index in [1.807, 2.05) is 25.1 Å². The lowest BCUT2D eigenvalue weighted by molar-refractivity contribution is -0.128. The predicted octanol–water partition coefficient (Wildman–Crippen LogP) is 10.4. The molecule has 0 radical (unpaired) electrons. The van der Waals surface area contributed by atoms with Gasteiger partial charge in [-0.1, -0.05) is 68.0 Å². The molecule has 0 heterocycles. The first-order chi connectivity index (χ1) is 21.1. The zero-order valence-corrected chi connectivity index (χ0v) is 27.1. The van der Waals surface area contributed by atoms with Crippen LogP contribution in [-0.4, -0.2) is 16.0 Å². The summed E-state index contributed by atoms with van der Waals surface area (Å²) < 4.78 is 0. The number of hydrogen-bond donors (Lipinski definition) is 2. The van der Waals surface area contributed by atoms with Crippen molar-refractivity contribution < 1.29 is 15.0 Å². The lowest BCUT2D eigenvalue weighted by atomic mass is 9.56. The average Bonchev–Trinajstić information content (AvgIpc) is 3.52. The molecule has 2 aromatic carbocycles. The van der Waals surface area contributed by atoms with Crippen LogP contribution in [0.5, 0.6) is 11.5 Å². The van der Waals surface area contributed by atoms with Crippen molar-refractivity contribution in [2.45, 2.75) is 90.9 Å². The zero-order chi connectivity index (χ0) is 31.2. The van der Waals surface area contributed by atoms with E-state index < -0.39 is 0 Å². The molecule has 8 atom stereocenters. The molecular weight excluding hydrogens is 540 g/mol. The van der Waals surface area contributed by atoms with Crippen molar-refractivity contribution in [1.82, 2.24) is 0 Å². The Bertz CT molecular complexity index is 1530. The first kappa shape index (κ1) is 30.7. The van der Waals surface area contributed by atoms with Gasteiger partial charge in [0, 0.05) is 11.8 Å². The summed E-state index contributed by atoms with van der Waals surface area (Å²) in [7, 11) is 0. The summed E-state index contributed by atoms with van der Waals surface area (Å²) in [5.41, 5.74) is 7.22. The largest absolute Gasteiger partial charge is 0.508 e. The first-order valence-corrected chi connectivity index (χ1v) is 16.9. The number of fused-ring (bicyclic) bond motifs is 10. The fourth-order valence-electron chi connectivity index (χ4n) is 10.3. The Morgan fingerprint density at radius 1 is 0.750 bits per heavy atom. The summed E-state index contributed by atoms with van der Waals surface area (Å²) >= 11 is 0. The van der Waals surface area contributed by atoms with Gasteiger partial charge in [0.25, 0.3) is 0 Å². The Morgan fingerprint density at radius 2 is 1.23 bits per heavy atom. The second kappa shape index (κ2) is 11.9. The SMILES string of the molecule is C/C=C1/CCC2C3C=Cc4cc(O)ccc4C3CCC12C.C=CC.CC12CCC3c4ccc(O)cc4C=CC3C1CCC2=O. The molecule has 2 N–H and O–H groups in total. The van der Waals surface area contributed by atoms with Gasteiger partial charge in [-0.2, -0.15) is 0 Å². The minimum Gasteiger partial charge on any atom is -0.508 e. The minimum absolute atomic E-state index is 0.0834. The van der Waals surface area contributed by atoms with E-state index in [9.17, 15) is 15.0 Å². The number of rotatable bonds is 0. The summed E-state index contributed by atoms with van der Waals surface area (Å²) in [5.74, 6) is 4.85. The highest BCUT2D eigenvalue weighted by Gasteiger charge is 2.54. The van der Waals surface area contributed by atoms with E-state index in [-0.39, 0.29) is 5.41 Å². The van der Waals surface area contributed by atoms with E-state index in [0.717, 1.165) is 37.2 Å². The standard InChI is InChI=1S/C20H24O.C18H20O2.C3H6/c1-3-14-5-9-19-18-7-4-13-12-15(21)6-8-16(13)17(18)10-11-20(14,19)2;1-18-9-8-14-13-5-3-12(19)10-11(13)2-4-15(14)16(18)6-7-17(18)20;1-3-2/h3-4,6-8,12,17-19,21H,5,9-11H2,1-2H3;2-5,10,14-16,19H,6-9H2,1H3;3H,1H2,2H3/b14-3-;;. The third kappa shape index (κ3) is 5.01. The molecule has 0 spiro atoms. The summed E-state index contributed by atoms with van der Waals surface area (Å²) in [6.45, 7) is 12.1. The van der Waals surface area contributed by atoms with Crippen molar-refractivity contribution in [2.24, 2.45) is 34.5 Å². The number of hydrogen-bond acceptors (Lipinski definition) is 3. The second-order valence-corrected chi connectivity index (χ2v) is 14.6. The molecule has 4 saturated carbocycles. The second-order valence-electron chi connectivity index (χ2n) is 14.6. The van der Waals surface area contributed by atoms with Crippen LogP contribution in [0, 0.1) is 34.5 Å². The summed E-state index contributed by atoms with van der Waals surface area (Å²) in [4.78, 5) is 12.2. The first-order valence-electron chi connectivity index (χ1n) is 16.9. The van der Waals surface area contributed by atoms with Gasteiger partial charge in [0.15, 0.2) is 0 Å². The van der Waals surface area contributed by atoms with Crippen LogP contribution >= 0.6 is 0 Å². The van der Waals surface area contributed by atoms with Crippen LogP contribution in [0.25, 0.3) is 12.2 Å². The number of phenols is 2. The van der Waals surface area contributed by atoms with Crippen LogP contribution in [0.4, 0.5) is 0 Å². The molecule has 0 bridgehead atoms. The van der Waals surface area contributed by atoms with Gasteiger partial charge >= 0.3 is 0 Å². The van der Waals surface area contributed by atoms with E-state index in [1.165, 1.54) is 42.4 Å². The van der Waals surface area contributed by atoms with Crippen LogP contribution in [0.1, 0.15) is 113 Å². The van der Waals surface area contributed by atoms with Crippen molar-refractivity contribution >= 4 is 17.9 Å². The number of carbonyl (C=O) groups excluding carboxylic acids is 1. The Kier molecular flexibility index (Phi) is 8.28. The van der Waals surface area contributed by atoms with E-state index >= 15 is 0 Å². The van der Waals surface area contributed by atoms with E-state index in [2.05, 4.69) is 69.9 Å². The van der Waals surface area contributed by atoms with Gasteiger partial charge in [-0.3, -0.25) is 4.79 Å². The maximum atomic E-state index is 12.2. The van der Waals surface area contributed by atoms with Crippen molar-refractivity contribution in [2.75, 3.05) is 0 Å². The molecule has 0 saturated heterocycles. The number of Topliss-reactive ketones (excluding diaryl/α,β-unsaturated/α-hetero) is 1. The molecule has 4 fully saturated rings. The number of ketones is 1. The highest BCUT2D eigenvalue weighted by atomic mass is 16.3. The maximum absolute atomic E-state index is 12.2. The third-order valence-corrected chi connectivity index (χ3v) is 12.5. The molecule has 0 aliphatic heterocycles. The van der Waals surface area contributed by atoms with Crippen LogP contribution < -0.4 is 0 Å². The lowest BCUT2D eigenvalue weighted by Gasteiger charge is -2.47. The fourth-order valence-corrected chi connectivity index (χ4v) is 10.3. The molecule has 0 amide bonds. The Hall–Kier alpha value is -3.33. The topological polar surface area (TPSA) is 57.5 Å². The van der Waals surface area contributed by atoms with Crippen LogP contribution in [0.15, 0.2) is 72.9 Å². The number of allylic oxidation sites excluding steroid dienone is 5. The Balaban J connectivity index is 0.000000144. The highest BCUT2D eigenvalue weighted by Crippen LogP contribution is 2.62. The maximum Gasteiger partial charge on any atom is 0.139 e. The van der Waals surface area contributed by atoms with Crippen LogP contribution in [0.3, 0.4) is 0 Å². The summed E-state index contributed by atoms with van der Waals surface area (Å²) in [5, 5.41) is 19.3. The number of phenolic OH excluding ortho intramolecular Hbond substituents is 2. The minimum atomic E-state index is -0.0834. The predicted molar refractivity (Wildman–Crippen MR) is 182 cm³/mol. The van der Waals surface area contributed by atoms with Crippen molar-refractivity contribution in [3.05, 3.63) is 95.1 Å². The van der Waals surface area contributed by atoms with Crippen molar-refractivity contribution in [3.63, 3.8) is 0 Å². The lowest BCUT2D eigenvalue weighted by Crippen LogP contribution is -2.40. The Morgan fingerprint density at radius 3 is 1.75 bits per heavy atom. The molecule has 6 aliphatic carbocycles. The van der Waals surface area contributed by atoms with E-state index in [0.29, 0.717) is 52.3 Å². The van der Waals surface area contributed by atoms with Crippen LogP contribution in [0.2, 0.25) is 0 Å². The average molecular weight is 591 g/mol. The van der Waals surface area contributed by atoms with Gasteiger partial charge in [-0.25, -0.2) is 0 Å². The number of aromatic hydroxyl groups is 2. The van der Waals surface area contributed by atoms with Gasteiger partial charge in [-0.15, -0.1) is 6.58 Å². The molecule has 2 aromatic rings. The quantitative estimate of drug-likeness (QED) is 0.300. The van der Waals surface area contributed by atoms with Gasteiger partial charge < -0.3 is 10.2 Å². The van der Waals surface area contributed by atoms with Crippen molar-refractivity contribution in [1.29, 1.82) is 0 Å². The number of benzene rings is 2. The summed E-state index contributed by atoms with van der Waals surface area (Å²) in [6, 6.07) is 11.7. The van der Waals surface area contributed by atoms with Gasteiger partial charge in [0.1, 0.15) is 17.3 Å². The fraction of sp³-hybridized carbons (Fsp3) is 0.488. The summed E-state index contributed by atoms with van der Waals surface area (Å²) in [6.07, 6.45) is 22.4. The van der Waals surface area contributed by atoms with Gasteiger partial charge in [0.2, 0.25) is 0 Å². The molecule has 232 valence electrons. The zero-order valence-electron chi connectivity index (χ0n) is 27.1. The van der Waals surface area contributed by atoms with Gasteiger partial charge in [0.05, 0.1) is 0 Å². The monoisotopic (exact) mass is 590 g/mol. The molecule has 6 aliphatic rings. The molecule has 3 heteroatoms. The smallest absolute Gasteiger partial charge is 0.139 e. The molecule has 0 aromatic heterocycles. The van der Waals surface area contributed by atoms with E-state index in [1.54, 1.807) is 17.7 Å². The molecule has 8 rings (SSSR count). The van der Waals surface area contributed by atoms with E-state index in [4.69, 9.17) is 0 Å². The Labute approximate surface area is 264 Å². The van der Waals surface area contributed by atoms with Gasteiger partial charge in [-0.05, 0) is 146 Å². The van der Waals surface area contributed by atoms with Crippen molar-refractivity contribution in [3.8, 4) is 11.5 Å². The molecule has 44 heavy (non-hydrogen) atoms. The normalized spacial score (nSPS) is 36.3. The third-order valence-electron chi connectivity index (χ3n) is 12.5. The molecule has 3 nitrogen and oxygen atoms in total. The molecule has 8 unspecified atom stereocenters. The van der Waals surface area contributed by atoms with Crippen LogP contribution in [-0.2, 0) is 4.79 Å².